The van der Waals surface area contributed by atoms with Gasteiger partial charge < -0.3 is 10.3 Å². The Balaban J connectivity index is 1.45. The second-order valence-electron chi connectivity index (χ2n) is 8.49. The fourth-order valence-corrected chi connectivity index (χ4v) is 4.21. The quantitative estimate of drug-likeness (QED) is 0.325. The summed E-state index contributed by atoms with van der Waals surface area (Å²) in [7, 11) is 0. The topological polar surface area (TPSA) is 108 Å². The number of nitrogens with zero attached hydrogens (tertiary/aromatic N) is 5. The summed E-state index contributed by atoms with van der Waals surface area (Å²) in [5.74, 6) is 0. The van der Waals surface area contributed by atoms with Crippen LogP contribution in [0.3, 0.4) is 0 Å². The molecule has 6 heterocycles. The number of pyridine rings is 4. The molecule has 166 valence electrons. The number of aromatic nitrogens is 7. The highest BCUT2D eigenvalue weighted by atomic mass is 15.2. The zero-order valence-corrected chi connectivity index (χ0v) is 18.7. The summed E-state index contributed by atoms with van der Waals surface area (Å²) >= 11 is 0. The fraction of sp³-hybridized carbons (Fsp3) is 0.115. The molecule has 0 atom stereocenters. The van der Waals surface area contributed by atoms with E-state index in [0.717, 1.165) is 61.4 Å². The van der Waals surface area contributed by atoms with Gasteiger partial charge in [-0.25, -0.2) is 9.97 Å². The Bertz CT molecular complexity index is 1610. The molecule has 0 saturated carbocycles. The van der Waals surface area contributed by atoms with E-state index in [4.69, 9.17) is 0 Å². The summed E-state index contributed by atoms with van der Waals surface area (Å²) in [5, 5.41) is 13.0. The number of hydrogen-bond donors (Lipinski definition) is 3. The molecule has 0 bridgehead atoms. The fourth-order valence-electron chi connectivity index (χ4n) is 4.21. The minimum atomic E-state index is 0.325. The molecule has 0 aliphatic heterocycles. The molecule has 0 saturated heterocycles. The molecule has 0 aliphatic rings. The minimum absolute atomic E-state index is 0.325. The molecule has 34 heavy (non-hydrogen) atoms. The highest BCUT2D eigenvalue weighted by molar-refractivity contribution is 5.99. The summed E-state index contributed by atoms with van der Waals surface area (Å²) in [5.41, 5.74) is 8.33. The van der Waals surface area contributed by atoms with Crippen molar-refractivity contribution in [3.05, 3.63) is 73.6 Å². The second-order valence-corrected chi connectivity index (χ2v) is 8.49. The first kappa shape index (κ1) is 20.0. The first-order valence-electron chi connectivity index (χ1n) is 11.1. The van der Waals surface area contributed by atoms with Crippen LogP contribution in [0.2, 0.25) is 0 Å². The van der Waals surface area contributed by atoms with Crippen LogP contribution in [0.4, 0.5) is 5.69 Å². The number of nitrogens with one attached hydrogen (secondary N) is 3. The van der Waals surface area contributed by atoms with Gasteiger partial charge >= 0.3 is 0 Å². The van der Waals surface area contributed by atoms with Crippen molar-refractivity contribution < 1.29 is 0 Å². The van der Waals surface area contributed by atoms with Gasteiger partial charge in [0.15, 0.2) is 5.65 Å². The molecule has 0 spiro atoms. The lowest BCUT2D eigenvalue weighted by molar-refractivity contribution is 0.898. The molecular formula is C26H22N8. The maximum Gasteiger partial charge on any atom is 0.155 e. The Kier molecular flexibility index (Phi) is 4.76. The first-order chi connectivity index (χ1) is 16.7. The third-order valence-electron chi connectivity index (χ3n) is 5.72. The van der Waals surface area contributed by atoms with Gasteiger partial charge in [-0.15, -0.1) is 0 Å². The molecule has 8 nitrogen and oxygen atoms in total. The van der Waals surface area contributed by atoms with E-state index in [1.54, 1.807) is 12.4 Å². The number of anilines is 1. The molecule has 6 aromatic rings. The number of rotatable bonds is 5. The van der Waals surface area contributed by atoms with Crippen molar-refractivity contribution in [3.8, 4) is 33.6 Å². The molecule has 0 aliphatic carbocycles. The SMILES string of the molecule is CC(C)Nc1cncc(-c2cnc3[nH]nc(-c4cc5c(-c6ccncc6)ccnc5[nH]4)c3c2)c1. The van der Waals surface area contributed by atoms with Gasteiger partial charge in [0, 0.05) is 65.1 Å². The summed E-state index contributed by atoms with van der Waals surface area (Å²) in [6, 6.07) is 12.6. The van der Waals surface area contributed by atoms with Gasteiger partial charge in [0.25, 0.3) is 0 Å². The average Bonchev–Trinajstić information content (AvgIpc) is 3.48. The van der Waals surface area contributed by atoms with Gasteiger partial charge in [0.05, 0.1) is 11.4 Å². The molecule has 0 radical (unpaired) electrons. The van der Waals surface area contributed by atoms with Crippen molar-refractivity contribution in [2.45, 2.75) is 19.9 Å². The van der Waals surface area contributed by atoms with Crippen molar-refractivity contribution in [2.24, 2.45) is 0 Å². The number of aromatic amines is 2. The summed E-state index contributed by atoms with van der Waals surface area (Å²) in [6.45, 7) is 4.21. The second kappa shape index (κ2) is 8.08. The van der Waals surface area contributed by atoms with E-state index in [1.807, 2.05) is 43.0 Å². The van der Waals surface area contributed by atoms with E-state index in [-0.39, 0.29) is 0 Å². The maximum absolute atomic E-state index is 4.61. The largest absolute Gasteiger partial charge is 0.382 e. The molecule has 0 fully saturated rings. The molecule has 0 aromatic carbocycles. The highest BCUT2D eigenvalue weighted by Gasteiger charge is 2.15. The molecular weight excluding hydrogens is 424 g/mol. The van der Waals surface area contributed by atoms with Crippen LogP contribution < -0.4 is 5.32 Å². The highest BCUT2D eigenvalue weighted by Crippen LogP contribution is 2.34. The lowest BCUT2D eigenvalue weighted by atomic mass is 10.0. The predicted molar refractivity (Wildman–Crippen MR) is 134 cm³/mol. The molecule has 3 N–H and O–H groups in total. The third-order valence-corrected chi connectivity index (χ3v) is 5.72. The van der Waals surface area contributed by atoms with Crippen LogP contribution in [0.1, 0.15) is 13.8 Å². The van der Waals surface area contributed by atoms with E-state index in [1.165, 1.54) is 0 Å². The Morgan fingerprint density at radius 3 is 2.47 bits per heavy atom. The van der Waals surface area contributed by atoms with Crippen molar-refractivity contribution in [2.75, 3.05) is 5.32 Å². The molecule has 0 amide bonds. The summed E-state index contributed by atoms with van der Waals surface area (Å²) < 4.78 is 0. The van der Waals surface area contributed by atoms with Gasteiger partial charge in [-0.1, -0.05) is 0 Å². The first-order valence-corrected chi connectivity index (χ1v) is 11.1. The molecule has 6 aromatic heterocycles. The monoisotopic (exact) mass is 446 g/mol. The Hall–Kier alpha value is -4.59. The van der Waals surface area contributed by atoms with Crippen LogP contribution in [0, 0.1) is 0 Å². The van der Waals surface area contributed by atoms with E-state index in [0.29, 0.717) is 6.04 Å². The minimum Gasteiger partial charge on any atom is -0.382 e. The van der Waals surface area contributed by atoms with Crippen molar-refractivity contribution in [1.82, 2.24) is 35.1 Å². The smallest absolute Gasteiger partial charge is 0.155 e. The Morgan fingerprint density at radius 2 is 1.62 bits per heavy atom. The molecule has 0 unspecified atom stereocenters. The lowest BCUT2D eigenvalue weighted by Gasteiger charge is -2.10. The van der Waals surface area contributed by atoms with Crippen LogP contribution in [-0.2, 0) is 0 Å². The third kappa shape index (κ3) is 3.55. The molecule has 8 heteroatoms. The Labute approximate surface area is 195 Å². The standard InChI is InChI=1S/C26H22N8/c1-15(2)31-19-9-17(12-28-14-19)18-10-22-24(33-34-26(22)30-13-18)23-11-21-20(5-8-29-25(21)32-23)16-3-6-27-7-4-16/h3-15,31H,1-2H3,(H,29,32)(H,30,33,34). The summed E-state index contributed by atoms with van der Waals surface area (Å²) in [6.07, 6.45) is 10.9. The van der Waals surface area contributed by atoms with Gasteiger partial charge in [0.2, 0.25) is 0 Å². The van der Waals surface area contributed by atoms with E-state index in [2.05, 4.69) is 72.5 Å². The average molecular weight is 447 g/mol. The number of fused-ring (bicyclic) bond motifs is 2. The number of hydrogen-bond acceptors (Lipinski definition) is 6. The van der Waals surface area contributed by atoms with E-state index < -0.39 is 0 Å². The lowest BCUT2D eigenvalue weighted by Crippen LogP contribution is -2.09. The van der Waals surface area contributed by atoms with Crippen LogP contribution in [-0.4, -0.2) is 41.2 Å². The number of H-pyrrole nitrogens is 2. The van der Waals surface area contributed by atoms with Crippen LogP contribution >= 0.6 is 0 Å². The molecule has 6 rings (SSSR count). The van der Waals surface area contributed by atoms with E-state index >= 15 is 0 Å². The van der Waals surface area contributed by atoms with Crippen molar-refractivity contribution in [1.29, 1.82) is 0 Å². The van der Waals surface area contributed by atoms with Gasteiger partial charge in [-0.05, 0) is 61.4 Å². The maximum atomic E-state index is 4.61. The normalized spacial score (nSPS) is 11.5. The zero-order chi connectivity index (χ0) is 23.1. The van der Waals surface area contributed by atoms with Crippen LogP contribution in [0.25, 0.3) is 55.7 Å². The van der Waals surface area contributed by atoms with Crippen molar-refractivity contribution in [3.63, 3.8) is 0 Å². The Morgan fingerprint density at radius 1 is 0.765 bits per heavy atom. The van der Waals surface area contributed by atoms with Gasteiger partial charge in [-0.2, -0.15) is 5.10 Å². The predicted octanol–water partition coefficient (Wildman–Crippen LogP) is 5.45. The van der Waals surface area contributed by atoms with Gasteiger partial charge in [0.1, 0.15) is 11.3 Å². The van der Waals surface area contributed by atoms with Crippen LogP contribution in [0.5, 0.6) is 0 Å². The van der Waals surface area contributed by atoms with Crippen LogP contribution in [0.15, 0.2) is 73.6 Å². The van der Waals surface area contributed by atoms with Gasteiger partial charge in [-0.3, -0.25) is 15.1 Å². The zero-order valence-electron chi connectivity index (χ0n) is 18.7. The summed E-state index contributed by atoms with van der Waals surface area (Å²) in [4.78, 5) is 21.1. The van der Waals surface area contributed by atoms with E-state index in [9.17, 15) is 0 Å². The van der Waals surface area contributed by atoms with Crippen molar-refractivity contribution >= 4 is 27.8 Å².